The summed E-state index contributed by atoms with van der Waals surface area (Å²) < 4.78 is 15.5. The van der Waals surface area contributed by atoms with Crippen LogP contribution in [-0.4, -0.2) is 44.0 Å². The van der Waals surface area contributed by atoms with Crippen molar-refractivity contribution < 1.29 is 28.6 Å². The zero-order chi connectivity index (χ0) is 29.2. The van der Waals surface area contributed by atoms with Crippen molar-refractivity contribution in [1.82, 2.24) is 10.6 Å². The minimum Gasteiger partial charge on any atom is -0.459 e. The predicted octanol–water partition coefficient (Wildman–Crippen LogP) is 6.62. The molecule has 1 saturated carbocycles. The molecule has 2 amide bonds. The number of alkyl carbamates (subject to hydrolysis) is 1. The van der Waals surface area contributed by atoms with Gasteiger partial charge >= 0.3 is 18.2 Å². The summed E-state index contributed by atoms with van der Waals surface area (Å²) in [6.07, 6.45) is 1.14. The van der Waals surface area contributed by atoms with Crippen LogP contribution in [0.15, 0.2) is 77.0 Å². The average Bonchev–Trinajstić information content (AvgIpc) is 2.89. The number of rotatable bonds is 10. The second kappa shape index (κ2) is 13.7. The Hall–Kier alpha value is -4.21. The number of carbonyl (C=O) groups excluding carboxylic acids is 3. The SMILES string of the molecule is C=C(C)C(=O)OCCOC(=O)NCC1(C)CC(NC(=O)Oc2ccc(N=Nc3ccccc3)cc2)CC(C)(C)C1. The molecule has 10 heteroatoms. The molecule has 10 nitrogen and oxygen atoms in total. The van der Waals surface area contributed by atoms with Gasteiger partial charge in [-0.3, -0.25) is 0 Å². The highest BCUT2D eigenvalue weighted by Gasteiger charge is 2.42. The monoisotopic (exact) mass is 550 g/mol. The number of carbonyl (C=O) groups is 3. The zero-order valence-corrected chi connectivity index (χ0v) is 23.6. The fraction of sp³-hybridized carbons (Fsp3) is 0.433. The van der Waals surface area contributed by atoms with E-state index in [0.29, 0.717) is 24.4 Å². The van der Waals surface area contributed by atoms with Crippen LogP contribution in [0, 0.1) is 10.8 Å². The van der Waals surface area contributed by atoms with Crippen molar-refractivity contribution in [3.63, 3.8) is 0 Å². The van der Waals surface area contributed by atoms with Gasteiger partial charge in [0.2, 0.25) is 0 Å². The smallest absolute Gasteiger partial charge is 0.412 e. The first-order valence-electron chi connectivity index (χ1n) is 13.2. The Morgan fingerprint density at radius 1 is 0.900 bits per heavy atom. The summed E-state index contributed by atoms with van der Waals surface area (Å²) in [5, 5.41) is 14.2. The molecule has 0 aromatic heterocycles. The van der Waals surface area contributed by atoms with Crippen LogP contribution in [0.25, 0.3) is 0 Å². The van der Waals surface area contributed by atoms with E-state index in [9.17, 15) is 14.4 Å². The lowest BCUT2D eigenvalue weighted by atomic mass is 9.62. The molecule has 2 aromatic carbocycles. The van der Waals surface area contributed by atoms with Gasteiger partial charge in [-0.2, -0.15) is 10.2 Å². The summed E-state index contributed by atoms with van der Waals surface area (Å²) in [7, 11) is 0. The standard InChI is InChI=1S/C30H38N4O6/c1-21(2)26(35)38-15-16-39-27(36)31-20-30(5)18-24(17-29(3,4)19-30)32-28(37)40-25-13-11-23(12-14-25)34-33-22-9-7-6-8-10-22/h6-14,24H,1,15-20H2,2-5H3,(H,31,36)(H,32,37). The highest BCUT2D eigenvalue weighted by molar-refractivity contribution is 5.86. The molecule has 0 radical (unpaired) electrons. The minimum atomic E-state index is -0.591. The summed E-state index contributed by atoms with van der Waals surface area (Å²) in [5.74, 6) is -0.132. The normalized spacial score (nSPS) is 19.9. The molecule has 0 heterocycles. The maximum absolute atomic E-state index is 12.7. The fourth-order valence-corrected chi connectivity index (χ4v) is 5.09. The van der Waals surface area contributed by atoms with E-state index in [2.05, 4.69) is 48.2 Å². The number of benzene rings is 2. The summed E-state index contributed by atoms with van der Waals surface area (Å²) >= 11 is 0. The van der Waals surface area contributed by atoms with Gasteiger partial charge in [0.1, 0.15) is 19.0 Å². The van der Waals surface area contributed by atoms with E-state index in [-0.39, 0.29) is 35.7 Å². The molecule has 2 unspecified atom stereocenters. The number of hydrogen-bond donors (Lipinski definition) is 2. The maximum Gasteiger partial charge on any atom is 0.412 e. The molecule has 214 valence electrons. The number of hydrogen-bond acceptors (Lipinski definition) is 8. The van der Waals surface area contributed by atoms with Gasteiger partial charge in [0.15, 0.2) is 0 Å². The minimum absolute atomic E-state index is 0.0436. The number of azo groups is 1. The Labute approximate surface area is 235 Å². The lowest BCUT2D eigenvalue weighted by Gasteiger charge is -2.46. The van der Waals surface area contributed by atoms with Gasteiger partial charge in [-0.1, -0.05) is 45.5 Å². The summed E-state index contributed by atoms with van der Waals surface area (Å²) in [4.78, 5) is 36.3. The molecule has 40 heavy (non-hydrogen) atoms. The number of nitrogens with one attached hydrogen (secondary N) is 2. The summed E-state index contributed by atoms with van der Waals surface area (Å²) in [5.41, 5.74) is 1.32. The van der Waals surface area contributed by atoms with Gasteiger partial charge < -0.3 is 24.8 Å². The Kier molecular flexibility index (Phi) is 10.4. The third-order valence-electron chi connectivity index (χ3n) is 6.41. The maximum atomic E-state index is 12.7. The predicted molar refractivity (Wildman–Crippen MR) is 151 cm³/mol. The van der Waals surface area contributed by atoms with Crippen LogP contribution in [0.3, 0.4) is 0 Å². The van der Waals surface area contributed by atoms with Gasteiger partial charge in [-0.05, 0) is 73.4 Å². The Balaban J connectivity index is 1.47. The first-order valence-corrected chi connectivity index (χ1v) is 13.2. The van der Waals surface area contributed by atoms with Crippen molar-refractivity contribution in [3.8, 4) is 5.75 Å². The molecule has 2 atom stereocenters. The number of esters is 1. The van der Waals surface area contributed by atoms with Crippen LogP contribution in [0.1, 0.15) is 47.0 Å². The van der Waals surface area contributed by atoms with E-state index in [4.69, 9.17) is 14.2 Å². The molecule has 0 spiro atoms. The van der Waals surface area contributed by atoms with Crippen LogP contribution >= 0.6 is 0 Å². The van der Waals surface area contributed by atoms with E-state index < -0.39 is 18.2 Å². The molecular weight excluding hydrogens is 512 g/mol. The molecule has 0 bridgehead atoms. The first-order chi connectivity index (χ1) is 18.9. The first kappa shape index (κ1) is 30.3. The summed E-state index contributed by atoms with van der Waals surface area (Å²) in [6, 6.07) is 16.1. The molecule has 2 N–H and O–H groups in total. The van der Waals surface area contributed by atoms with Gasteiger partial charge in [-0.25, -0.2) is 14.4 Å². The number of ether oxygens (including phenoxy) is 3. The highest BCUT2D eigenvalue weighted by Crippen LogP contribution is 2.45. The average molecular weight is 551 g/mol. The van der Waals surface area contributed by atoms with Crippen molar-refractivity contribution >= 4 is 29.5 Å². The van der Waals surface area contributed by atoms with Gasteiger partial charge in [-0.15, -0.1) is 0 Å². The lowest BCUT2D eigenvalue weighted by molar-refractivity contribution is -0.139. The van der Waals surface area contributed by atoms with Crippen LogP contribution in [0.5, 0.6) is 5.75 Å². The lowest BCUT2D eigenvalue weighted by Crippen LogP contribution is -2.51. The van der Waals surface area contributed by atoms with E-state index in [0.717, 1.165) is 18.5 Å². The molecule has 3 rings (SSSR count). The molecular formula is C30H38N4O6. The van der Waals surface area contributed by atoms with Crippen molar-refractivity contribution in [2.45, 2.75) is 53.0 Å². The third kappa shape index (κ3) is 10.2. The van der Waals surface area contributed by atoms with Crippen LogP contribution in [0.2, 0.25) is 0 Å². The van der Waals surface area contributed by atoms with Crippen molar-refractivity contribution in [1.29, 1.82) is 0 Å². The van der Waals surface area contributed by atoms with Crippen molar-refractivity contribution in [2.75, 3.05) is 19.8 Å². The van der Waals surface area contributed by atoms with Crippen LogP contribution in [-0.2, 0) is 14.3 Å². The zero-order valence-electron chi connectivity index (χ0n) is 23.6. The van der Waals surface area contributed by atoms with E-state index >= 15 is 0 Å². The quantitative estimate of drug-likeness (QED) is 0.148. The van der Waals surface area contributed by atoms with Crippen LogP contribution < -0.4 is 15.4 Å². The fourth-order valence-electron chi connectivity index (χ4n) is 5.09. The third-order valence-corrected chi connectivity index (χ3v) is 6.41. The van der Waals surface area contributed by atoms with E-state index in [1.807, 2.05) is 30.3 Å². The number of amides is 2. The molecule has 0 aliphatic heterocycles. The van der Waals surface area contributed by atoms with E-state index in [1.165, 1.54) is 0 Å². The van der Waals surface area contributed by atoms with Crippen LogP contribution in [0.4, 0.5) is 21.0 Å². The molecule has 2 aromatic rings. The number of nitrogens with zero attached hydrogens (tertiary/aromatic N) is 2. The van der Waals surface area contributed by atoms with Gasteiger partial charge in [0, 0.05) is 18.2 Å². The Morgan fingerprint density at radius 3 is 2.17 bits per heavy atom. The van der Waals surface area contributed by atoms with Crippen molar-refractivity contribution in [3.05, 3.63) is 66.7 Å². The second-order valence-electron chi connectivity index (χ2n) is 11.2. The Bertz CT molecular complexity index is 1210. The highest BCUT2D eigenvalue weighted by atomic mass is 16.6. The molecule has 1 aliphatic carbocycles. The Morgan fingerprint density at radius 2 is 1.52 bits per heavy atom. The molecule has 1 fully saturated rings. The second-order valence-corrected chi connectivity index (χ2v) is 11.2. The van der Waals surface area contributed by atoms with Gasteiger partial charge in [0.05, 0.1) is 11.4 Å². The molecule has 0 saturated heterocycles. The molecule has 1 aliphatic rings. The summed E-state index contributed by atoms with van der Waals surface area (Å²) in [6.45, 7) is 11.7. The van der Waals surface area contributed by atoms with Crippen molar-refractivity contribution in [2.24, 2.45) is 21.1 Å². The topological polar surface area (TPSA) is 128 Å². The largest absolute Gasteiger partial charge is 0.459 e. The van der Waals surface area contributed by atoms with E-state index in [1.54, 1.807) is 31.2 Å². The van der Waals surface area contributed by atoms with Gasteiger partial charge in [0.25, 0.3) is 0 Å².